The van der Waals surface area contributed by atoms with Gasteiger partial charge in [-0.2, -0.15) is 0 Å². The van der Waals surface area contributed by atoms with Gasteiger partial charge in [0.2, 0.25) is 0 Å². The van der Waals surface area contributed by atoms with Crippen molar-refractivity contribution in [3.63, 3.8) is 0 Å². The summed E-state index contributed by atoms with van der Waals surface area (Å²) in [7, 11) is 0. The highest BCUT2D eigenvalue weighted by molar-refractivity contribution is 5.44. The highest BCUT2D eigenvalue weighted by Gasteiger charge is 2.16. The maximum Gasteiger partial charge on any atom is 0.0628 e. The van der Waals surface area contributed by atoms with Gasteiger partial charge in [-0.05, 0) is 37.6 Å². The molecule has 0 spiro atoms. The number of pyridine rings is 1. The zero-order valence-corrected chi connectivity index (χ0v) is 7.88. The Kier molecular flexibility index (Phi) is 2.15. The fourth-order valence-electron chi connectivity index (χ4n) is 1.74. The molecular formula is C11H14N2. The van der Waals surface area contributed by atoms with Gasteiger partial charge < -0.3 is 5.32 Å². The Hall–Kier alpha value is -1.15. The minimum atomic E-state index is 0.378. The van der Waals surface area contributed by atoms with Crippen molar-refractivity contribution < 1.29 is 0 Å². The number of rotatable bonds is 1. The molecule has 1 aromatic heterocycles. The van der Waals surface area contributed by atoms with Crippen molar-refractivity contribution in [2.45, 2.75) is 19.4 Å². The molecule has 1 N–H and O–H groups in total. The highest BCUT2D eigenvalue weighted by atomic mass is 14.9. The maximum atomic E-state index is 4.53. The van der Waals surface area contributed by atoms with Gasteiger partial charge in [0.05, 0.1) is 11.4 Å². The minimum Gasteiger partial charge on any atom is -0.309 e. The Morgan fingerprint density at radius 1 is 1.62 bits per heavy atom. The number of hydrogen-bond donors (Lipinski definition) is 1. The predicted molar refractivity (Wildman–Crippen MR) is 54.4 cm³/mol. The average Bonchev–Trinajstić information content (AvgIpc) is 2.18. The first-order valence-electron chi connectivity index (χ1n) is 4.67. The molecule has 0 saturated heterocycles. The van der Waals surface area contributed by atoms with Crippen LogP contribution in [0.2, 0.25) is 0 Å². The summed E-state index contributed by atoms with van der Waals surface area (Å²) in [5.74, 6) is 0. The fraction of sp³-hybridized carbons (Fsp3) is 0.364. The Morgan fingerprint density at radius 2 is 2.46 bits per heavy atom. The van der Waals surface area contributed by atoms with Crippen molar-refractivity contribution in [2.24, 2.45) is 0 Å². The summed E-state index contributed by atoms with van der Waals surface area (Å²) >= 11 is 0. The molecule has 2 heterocycles. The molecule has 0 aliphatic carbocycles. The van der Waals surface area contributed by atoms with Crippen LogP contribution in [0.5, 0.6) is 0 Å². The van der Waals surface area contributed by atoms with Gasteiger partial charge in [-0.3, -0.25) is 4.98 Å². The lowest BCUT2D eigenvalue weighted by molar-refractivity contribution is 0.525. The van der Waals surface area contributed by atoms with Crippen molar-refractivity contribution in [1.82, 2.24) is 10.3 Å². The standard InChI is InChI=1S/C11H14N2/c1-3-10-5-4-9-6-7-12-8(2)11(9)13-10/h3-5,8,12H,1,6-7H2,2H3. The van der Waals surface area contributed by atoms with E-state index in [9.17, 15) is 0 Å². The fourth-order valence-corrected chi connectivity index (χ4v) is 1.74. The highest BCUT2D eigenvalue weighted by Crippen LogP contribution is 2.20. The van der Waals surface area contributed by atoms with E-state index in [1.54, 1.807) is 6.08 Å². The predicted octanol–water partition coefficient (Wildman–Crippen LogP) is 1.93. The Morgan fingerprint density at radius 3 is 3.23 bits per heavy atom. The molecule has 0 bridgehead atoms. The monoisotopic (exact) mass is 174 g/mol. The SMILES string of the molecule is C=Cc1ccc2c(n1)C(C)NCC2. The number of fused-ring (bicyclic) bond motifs is 1. The van der Waals surface area contributed by atoms with Gasteiger partial charge in [0.25, 0.3) is 0 Å². The average molecular weight is 174 g/mol. The molecule has 13 heavy (non-hydrogen) atoms. The Labute approximate surface area is 78.7 Å². The van der Waals surface area contributed by atoms with E-state index >= 15 is 0 Å². The van der Waals surface area contributed by atoms with E-state index in [0.29, 0.717) is 6.04 Å². The van der Waals surface area contributed by atoms with Crippen LogP contribution in [0.4, 0.5) is 0 Å². The molecule has 1 atom stereocenters. The lowest BCUT2D eigenvalue weighted by atomic mass is 10.0. The summed E-state index contributed by atoms with van der Waals surface area (Å²) in [6, 6.07) is 4.57. The van der Waals surface area contributed by atoms with Gasteiger partial charge in [-0.1, -0.05) is 12.6 Å². The van der Waals surface area contributed by atoms with Crippen molar-refractivity contribution in [3.8, 4) is 0 Å². The summed E-state index contributed by atoms with van der Waals surface area (Å²) in [6.07, 6.45) is 2.88. The third-order valence-corrected chi connectivity index (χ3v) is 2.50. The van der Waals surface area contributed by atoms with E-state index < -0.39 is 0 Å². The topological polar surface area (TPSA) is 24.9 Å². The van der Waals surface area contributed by atoms with Crippen LogP contribution < -0.4 is 5.32 Å². The molecule has 1 aliphatic heterocycles. The first-order valence-corrected chi connectivity index (χ1v) is 4.67. The second kappa shape index (κ2) is 3.30. The largest absolute Gasteiger partial charge is 0.309 e. The third-order valence-electron chi connectivity index (χ3n) is 2.50. The number of nitrogens with one attached hydrogen (secondary N) is 1. The Balaban J connectivity index is 2.46. The summed E-state index contributed by atoms with van der Waals surface area (Å²) in [6.45, 7) is 6.93. The third kappa shape index (κ3) is 1.49. The van der Waals surface area contributed by atoms with Crippen LogP contribution in [0.1, 0.15) is 29.9 Å². The normalized spacial score (nSPS) is 20.8. The summed E-state index contributed by atoms with van der Waals surface area (Å²) < 4.78 is 0. The van der Waals surface area contributed by atoms with Crippen molar-refractivity contribution in [3.05, 3.63) is 35.7 Å². The van der Waals surface area contributed by atoms with Crippen molar-refractivity contribution >= 4 is 6.08 Å². The second-order valence-electron chi connectivity index (χ2n) is 3.41. The molecule has 68 valence electrons. The molecule has 0 fully saturated rings. The van der Waals surface area contributed by atoms with Crippen LogP contribution in [0.3, 0.4) is 0 Å². The molecule has 2 nitrogen and oxygen atoms in total. The molecule has 2 heteroatoms. The summed E-state index contributed by atoms with van der Waals surface area (Å²) in [4.78, 5) is 4.53. The molecule has 1 unspecified atom stereocenters. The molecule has 0 saturated carbocycles. The van der Waals surface area contributed by atoms with Gasteiger partial charge in [0.1, 0.15) is 0 Å². The van der Waals surface area contributed by atoms with E-state index in [1.807, 2.05) is 6.07 Å². The van der Waals surface area contributed by atoms with Gasteiger partial charge >= 0.3 is 0 Å². The zero-order chi connectivity index (χ0) is 9.26. The Bertz CT molecular complexity index is 331. The molecule has 0 radical (unpaired) electrons. The van der Waals surface area contributed by atoms with Gasteiger partial charge in [0, 0.05) is 6.04 Å². The summed E-state index contributed by atoms with van der Waals surface area (Å²) in [5, 5.41) is 3.39. The van der Waals surface area contributed by atoms with Crippen molar-refractivity contribution in [1.29, 1.82) is 0 Å². The van der Waals surface area contributed by atoms with Gasteiger partial charge in [-0.25, -0.2) is 0 Å². The van der Waals surface area contributed by atoms with Gasteiger partial charge in [-0.15, -0.1) is 0 Å². The molecule has 2 rings (SSSR count). The molecule has 1 aliphatic rings. The minimum absolute atomic E-state index is 0.378. The summed E-state index contributed by atoms with van der Waals surface area (Å²) in [5.41, 5.74) is 3.52. The van der Waals surface area contributed by atoms with E-state index in [4.69, 9.17) is 0 Å². The zero-order valence-electron chi connectivity index (χ0n) is 7.88. The van der Waals surface area contributed by atoms with Crippen LogP contribution >= 0.6 is 0 Å². The molecule has 0 amide bonds. The van der Waals surface area contributed by atoms with E-state index in [0.717, 1.165) is 18.7 Å². The quantitative estimate of drug-likeness (QED) is 0.703. The smallest absolute Gasteiger partial charge is 0.0628 e. The number of nitrogens with zero attached hydrogens (tertiary/aromatic N) is 1. The van der Waals surface area contributed by atoms with Gasteiger partial charge in [0.15, 0.2) is 0 Å². The first kappa shape index (κ1) is 8.45. The maximum absolute atomic E-state index is 4.53. The van der Waals surface area contributed by atoms with Crippen LogP contribution in [0, 0.1) is 0 Å². The van der Waals surface area contributed by atoms with Crippen LogP contribution in [0.25, 0.3) is 6.08 Å². The van der Waals surface area contributed by atoms with Crippen LogP contribution in [-0.4, -0.2) is 11.5 Å². The lowest BCUT2D eigenvalue weighted by Gasteiger charge is -2.22. The molecule has 0 aromatic carbocycles. The van der Waals surface area contributed by atoms with Crippen LogP contribution in [-0.2, 0) is 6.42 Å². The van der Waals surface area contributed by atoms with E-state index in [-0.39, 0.29) is 0 Å². The van der Waals surface area contributed by atoms with Crippen molar-refractivity contribution in [2.75, 3.05) is 6.54 Å². The molecule has 1 aromatic rings. The number of aromatic nitrogens is 1. The number of hydrogen-bond acceptors (Lipinski definition) is 2. The lowest BCUT2D eigenvalue weighted by Crippen LogP contribution is -2.28. The molecular weight excluding hydrogens is 160 g/mol. The second-order valence-corrected chi connectivity index (χ2v) is 3.41. The van der Waals surface area contributed by atoms with Crippen LogP contribution in [0.15, 0.2) is 18.7 Å². The van der Waals surface area contributed by atoms with E-state index in [2.05, 4.69) is 29.9 Å². The van der Waals surface area contributed by atoms with E-state index in [1.165, 1.54) is 11.3 Å². The first-order chi connectivity index (χ1) is 6.31.